The second kappa shape index (κ2) is 5.97. The summed E-state index contributed by atoms with van der Waals surface area (Å²) in [5, 5.41) is 3.09. The van der Waals surface area contributed by atoms with Crippen molar-refractivity contribution < 1.29 is 4.39 Å². The van der Waals surface area contributed by atoms with Crippen molar-refractivity contribution in [1.29, 1.82) is 0 Å². The first-order chi connectivity index (χ1) is 9.04. The maximum atomic E-state index is 13.0. The van der Waals surface area contributed by atoms with Crippen molar-refractivity contribution in [2.45, 2.75) is 13.3 Å². The molecule has 0 aliphatic heterocycles. The molecule has 0 saturated heterocycles. The van der Waals surface area contributed by atoms with Gasteiger partial charge in [-0.25, -0.2) is 9.37 Å². The van der Waals surface area contributed by atoms with E-state index in [2.05, 4.69) is 31.2 Å². The molecular weight excluding hydrogens is 311 g/mol. The smallest absolute Gasteiger partial charge is 0.225 e. The Bertz CT molecular complexity index is 569. The number of anilines is 2. The molecule has 100 valence electrons. The van der Waals surface area contributed by atoms with E-state index in [-0.39, 0.29) is 5.82 Å². The number of benzene rings is 1. The number of nitrogen functional groups attached to an aromatic ring is 1. The molecule has 1 aromatic carbocycles. The van der Waals surface area contributed by atoms with Crippen molar-refractivity contribution in [2.75, 3.05) is 17.6 Å². The van der Waals surface area contributed by atoms with Crippen LogP contribution in [-0.2, 0) is 6.42 Å². The highest BCUT2D eigenvalue weighted by Crippen LogP contribution is 2.13. The average Bonchev–Trinajstić information content (AvgIpc) is 2.30. The maximum absolute atomic E-state index is 13.0. The quantitative estimate of drug-likeness (QED) is 0.849. The molecule has 6 heteroatoms. The number of nitrogens with two attached hydrogens (primary N) is 1. The number of rotatable bonds is 4. The van der Waals surface area contributed by atoms with E-state index in [9.17, 15) is 4.39 Å². The fourth-order valence-electron chi connectivity index (χ4n) is 1.76. The number of aryl methyl sites for hydroxylation is 1. The summed E-state index contributed by atoms with van der Waals surface area (Å²) in [5.74, 6) is 0.672. The second-order valence-electron chi connectivity index (χ2n) is 4.19. The normalized spacial score (nSPS) is 10.5. The maximum Gasteiger partial charge on any atom is 0.225 e. The third-order valence-electron chi connectivity index (χ3n) is 2.70. The van der Waals surface area contributed by atoms with Gasteiger partial charge < -0.3 is 11.1 Å². The first-order valence-electron chi connectivity index (χ1n) is 5.83. The SMILES string of the molecule is Cc1cc(F)ccc1CCNc1nc(N)cc(Br)n1. The van der Waals surface area contributed by atoms with Crippen molar-refractivity contribution >= 4 is 27.7 Å². The zero-order valence-electron chi connectivity index (χ0n) is 10.5. The summed E-state index contributed by atoms with van der Waals surface area (Å²) in [7, 11) is 0. The highest BCUT2D eigenvalue weighted by atomic mass is 79.9. The van der Waals surface area contributed by atoms with Crippen LogP contribution >= 0.6 is 15.9 Å². The minimum atomic E-state index is -0.211. The Labute approximate surface area is 119 Å². The van der Waals surface area contributed by atoms with Crippen LogP contribution in [0.1, 0.15) is 11.1 Å². The van der Waals surface area contributed by atoms with Gasteiger partial charge in [0.1, 0.15) is 16.2 Å². The monoisotopic (exact) mass is 324 g/mol. The Kier molecular flexibility index (Phi) is 4.31. The van der Waals surface area contributed by atoms with Crippen LogP contribution in [0.5, 0.6) is 0 Å². The summed E-state index contributed by atoms with van der Waals surface area (Å²) < 4.78 is 13.6. The Hall–Kier alpha value is -1.69. The van der Waals surface area contributed by atoms with E-state index in [1.807, 2.05) is 6.92 Å². The van der Waals surface area contributed by atoms with Crippen LogP contribution in [0.4, 0.5) is 16.2 Å². The largest absolute Gasteiger partial charge is 0.383 e. The Morgan fingerprint density at radius 1 is 1.32 bits per heavy atom. The minimum absolute atomic E-state index is 0.211. The molecule has 0 unspecified atom stereocenters. The number of hydrogen-bond acceptors (Lipinski definition) is 4. The molecule has 2 rings (SSSR count). The average molecular weight is 325 g/mol. The standard InChI is InChI=1S/C13H14BrFN4/c1-8-6-10(15)3-2-9(8)4-5-17-13-18-11(14)7-12(16)19-13/h2-3,6-7H,4-5H2,1H3,(H3,16,17,18,19). The second-order valence-corrected chi connectivity index (χ2v) is 5.00. The minimum Gasteiger partial charge on any atom is -0.383 e. The molecule has 0 bridgehead atoms. The predicted octanol–water partition coefficient (Wildman–Crippen LogP) is 2.92. The highest BCUT2D eigenvalue weighted by molar-refractivity contribution is 9.10. The first-order valence-corrected chi connectivity index (χ1v) is 6.63. The topological polar surface area (TPSA) is 63.8 Å². The van der Waals surface area contributed by atoms with Gasteiger partial charge in [0.2, 0.25) is 5.95 Å². The highest BCUT2D eigenvalue weighted by Gasteiger charge is 2.02. The number of nitrogens with zero attached hydrogens (tertiary/aromatic N) is 2. The van der Waals surface area contributed by atoms with Gasteiger partial charge in [-0.3, -0.25) is 0 Å². The fourth-order valence-corrected chi connectivity index (χ4v) is 2.17. The zero-order valence-corrected chi connectivity index (χ0v) is 12.0. The lowest BCUT2D eigenvalue weighted by atomic mass is 10.1. The molecule has 0 fully saturated rings. The van der Waals surface area contributed by atoms with Crippen LogP contribution in [-0.4, -0.2) is 16.5 Å². The lowest BCUT2D eigenvalue weighted by molar-refractivity contribution is 0.625. The Morgan fingerprint density at radius 2 is 2.11 bits per heavy atom. The summed E-state index contributed by atoms with van der Waals surface area (Å²) >= 11 is 3.26. The molecule has 0 saturated carbocycles. The Morgan fingerprint density at radius 3 is 2.79 bits per heavy atom. The van der Waals surface area contributed by atoms with Crippen LogP contribution in [0.2, 0.25) is 0 Å². The van der Waals surface area contributed by atoms with Crippen molar-refractivity contribution in [3.63, 3.8) is 0 Å². The third-order valence-corrected chi connectivity index (χ3v) is 3.10. The number of nitrogens with one attached hydrogen (secondary N) is 1. The molecule has 1 aromatic heterocycles. The van der Waals surface area contributed by atoms with E-state index in [0.717, 1.165) is 17.5 Å². The molecule has 0 aliphatic rings. The summed E-state index contributed by atoms with van der Waals surface area (Å²) in [6.45, 7) is 2.55. The van der Waals surface area contributed by atoms with E-state index in [1.165, 1.54) is 12.1 Å². The first kappa shape index (κ1) is 13.7. The van der Waals surface area contributed by atoms with Crippen molar-refractivity contribution in [2.24, 2.45) is 0 Å². The van der Waals surface area contributed by atoms with Crippen LogP contribution < -0.4 is 11.1 Å². The molecule has 0 spiro atoms. The van der Waals surface area contributed by atoms with Gasteiger partial charge >= 0.3 is 0 Å². The van der Waals surface area contributed by atoms with Gasteiger partial charge in [0, 0.05) is 12.6 Å². The van der Waals surface area contributed by atoms with Crippen molar-refractivity contribution in [3.8, 4) is 0 Å². The van der Waals surface area contributed by atoms with Crippen LogP contribution in [0.15, 0.2) is 28.9 Å². The molecule has 1 heterocycles. The zero-order chi connectivity index (χ0) is 13.8. The van der Waals surface area contributed by atoms with Gasteiger partial charge in [0.15, 0.2) is 0 Å². The summed E-state index contributed by atoms with van der Waals surface area (Å²) in [5.41, 5.74) is 7.66. The lowest BCUT2D eigenvalue weighted by Gasteiger charge is -2.08. The van der Waals surface area contributed by atoms with E-state index in [4.69, 9.17) is 5.73 Å². The van der Waals surface area contributed by atoms with Gasteiger partial charge in [0.25, 0.3) is 0 Å². The van der Waals surface area contributed by atoms with Crippen LogP contribution in [0.3, 0.4) is 0 Å². The van der Waals surface area contributed by atoms with Crippen LogP contribution in [0.25, 0.3) is 0 Å². The van der Waals surface area contributed by atoms with Crippen molar-refractivity contribution in [1.82, 2.24) is 9.97 Å². The molecule has 19 heavy (non-hydrogen) atoms. The number of aromatic nitrogens is 2. The lowest BCUT2D eigenvalue weighted by Crippen LogP contribution is -2.09. The number of hydrogen-bond donors (Lipinski definition) is 2. The van der Waals surface area contributed by atoms with E-state index >= 15 is 0 Å². The van der Waals surface area contributed by atoms with Gasteiger partial charge in [-0.05, 0) is 52.5 Å². The van der Waals surface area contributed by atoms with E-state index in [1.54, 1.807) is 12.1 Å². The summed E-state index contributed by atoms with van der Waals surface area (Å²) in [6.07, 6.45) is 0.766. The molecular formula is C13H14BrFN4. The summed E-state index contributed by atoms with van der Waals surface area (Å²) in [6, 6.07) is 6.43. The molecule has 3 N–H and O–H groups in total. The fraction of sp³-hybridized carbons (Fsp3) is 0.231. The number of halogens is 2. The van der Waals surface area contributed by atoms with Gasteiger partial charge in [-0.15, -0.1) is 0 Å². The summed E-state index contributed by atoms with van der Waals surface area (Å²) in [4.78, 5) is 8.22. The third kappa shape index (κ3) is 3.89. The van der Waals surface area contributed by atoms with E-state index < -0.39 is 0 Å². The van der Waals surface area contributed by atoms with E-state index in [0.29, 0.717) is 22.9 Å². The van der Waals surface area contributed by atoms with Crippen LogP contribution in [0, 0.1) is 12.7 Å². The van der Waals surface area contributed by atoms with Gasteiger partial charge in [-0.2, -0.15) is 4.98 Å². The molecule has 0 atom stereocenters. The molecule has 0 amide bonds. The van der Waals surface area contributed by atoms with Gasteiger partial charge in [0.05, 0.1) is 0 Å². The molecule has 0 radical (unpaired) electrons. The molecule has 0 aliphatic carbocycles. The van der Waals surface area contributed by atoms with Gasteiger partial charge in [-0.1, -0.05) is 6.07 Å². The Balaban J connectivity index is 1.96. The predicted molar refractivity (Wildman–Crippen MR) is 77.5 cm³/mol. The van der Waals surface area contributed by atoms with Crippen molar-refractivity contribution in [3.05, 3.63) is 45.8 Å². The molecule has 4 nitrogen and oxygen atoms in total. The molecule has 2 aromatic rings.